The number of alkyl carbamates (subject to hydrolysis) is 1. The number of anilines is 1. The largest absolute Gasteiger partial charge is 0.444 e. The van der Waals surface area contributed by atoms with Gasteiger partial charge >= 0.3 is 6.09 Å². The summed E-state index contributed by atoms with van der Waals surface area (Å²) in [6, 6.07) is 3.85. The van der Waals surface area contributed by atoms with Gasteiger partial charge < -0.3 is 15.0 Å². The van der Waals surface area contributed by atoms with E-state index in [1.54, 1.807) is 4.52 Å². The van der Waals surface area contributed by atoms with Gasteiger partial charge in [-0.2, -0.15) is 4.52 Å². The Bertz CT molecular complexity index is 700. The Morgan fingerprint density at radius 1 is 1.26 bits per heavy atom. The monoisotopic (exact) mass is 318 g/mol. The predicted octanol–water partition coefficient (Wildman–Crippen LogP) is 1.75. The van der Waals surface area contributed by atoms with Gasteiger partial charge in [-0.15, -0.1) is 15.3 Å². The van der Waals surface area contributed by atoms with Crippen molar-refractivity contribution in [2.75, 3.05) is 18.0 Å². The second-order valence-electron chi connectivity index (χ2n) is 6.63. The van der Waals surface area contributed by atoms with Crippen LogP contribution in [0.2, 0.25) is 0 Å². The molecule has 0 unspecified atom stereocenters. The number of carbonyl (C=O) groups is 1. The summed E-state index contributed by atoms with van der Waals surface area (Å²) in [5.41, 5.74) is 0.131. The van der Waals surface area contributed by atoms with Gasteiger partial charge in [-0.25, -0.2) is 4.79 Å². The van der Waals surface area contributed by atoms with Crippen LogP contribution in [0.25, 0.3) is 5.65 Å². The molecule has 3 heterocycles. The second kappa shape index (κ2) is 6.02. The minimum atomic E-state index is -0.530. The third kappa shape index (κ3) is 3.69. The summed E-state index contributed by atoms with van der Waals surface area (Å²) >= 11 is 0. The molecule has 0 aromatic carbocycles. The number of fused-ring (bicyclic) bond motifs is 1. The van der Waals surface area contributed by atoms with Gasteiger partial charge in [0.25, 0.3) is 0 Å². The highest BCUT2D eigenvalue weighted by Gasteiger charge is 2.18. The van der Waals surface area contributed by atoms with Gasteiger partial charge in [0, 0.05) is 13.1 Å². The van der Waals surface area contributed by atoms with Gasteiger partial charge in [-0.1, -0.05) is 0 Å². The van der Waals surface area contributed by atoms with Crippen molar-refractivity contribution in [2.45, 2.75) is 45.8 Å². The zero-order chi connectivity index (χ0) is 16.4. The van der Waals surface area contributed by atoms with E-state index in [0.717, 1.165) is 18.9 Å². The van der Waals surface area contributed by atoms with E-state index in [1.165, 1.54) is 12.8 Å². The molecule has 0 bridgehead atoms. The lowest BCUT2D eigenvalue weighted by molar-refractivity contribution is 0.0522. The SMILES string of the molecule is CC(C)(C)OC(=O)NCc1nnc2ccc(N3CCCC3)nn12. The third-order valence-corrected chi connectivity index (χ3v) is 3.53. The highest BCUT2D eigenvalue weighted by Crippen LogP contribution is 2.18. The van der Waals surface area contributed by atoms with Crippen LogP contribution < -0.4 is 10.2 Å². The van der Waals surface area contributed by atoms with Crippen molar-refractivity contribution in [3.8, 4) is 0 Å². The van der Waals surface area contributed by atoms with Crippen LogP contribution in [0.5, 0.6) is 0 Å². The Morgan fingerprint density at radius 2 is 2.00 bits per heavy atom. The lowest BCUT2D eigenvalue weighted by atomic mass is 10.2. The first-order valence-corrected chi connectivity index (χ1v) is 7.85. The summed E-state index contributed by atoms with van der Waals surface area (Å²) in [5.74, 6) is 1.49. The molecule has 1 aliphatic rings. The Labute approximate surface area is 134 Å². The zero-order valence-corrected chi connectivity index (χ0v) is 13.7. The molecular weight excluding hydrogens is 296 g/mol. The molecule has 0 aliphatic carbocycles. The molecule has 1 fully saturated rings. The molecule has 1 saturated heterocycles. The first-order valence-electron chi connectivity index (χ1n) is 7.85. The van der Waals surface area contributed by atoms with Gasteiger partial charge in [0.05, 0.1) is 6.54 Å². The van der Waals surface area contributed by atoms with Crippen LogP contribution >= 0.6 is 0 Å². The number of ether oxygens (including phenoxy) is 1. The average molecular weight is 318 g/mol. The quantitative estimate of drug-likeness (QED) is 0.928. The number of amides is 1. The highest BCUT2D eigenvalue weighted by molar-refractivity contribution is 5.67. The van der Waals surface area contributed by atoms with Crippen LogP contribution in [-0.4, -0.2) is 44.6 Å². The van der Waals surface area contributed by atoms with Crippen LogP contribution in [0.4, 0.5) is 10.6 Å². The molecule has 124 valence electrons. The summed E-state index contributed by atoms with van der Waals surface area (Å²) in [6.45, 7) is 7.72. The van der Waals surface area contributed by atoms with Gasteiger partial charge in [0.2, 0.25) is 0 Å². The molecule has 23 heavy (non-hydrogen) atoms. The number of carbonyl (C=O) groups excluding carboxylic acids is 1. The van der Waals surface area contributed by atoms with Crippen molar-refractivity contribution < 1.29 is 9.53 Å². The van der Waals surface area contributed by atoms with Crippen LogP contribution in [0, 0.1) is 0 Å². The summed E-state index contributed by atoms with van der Waals surface area (Å²) in [5, 5.41) is 15.5. The van der Waals surface area contributed by atoms with E-state index >= 15 is 0 Å². The van der Waals surface area contributed by atoms with Crippen molar-refractivity contribution in [1.82, 2.24) is 25.1 Å². The number of aromatic nitrogens is 4. The Balaban J connectivity index is 1.73. The summed E-state index contributed by atoms with van der Waals surface area (Å²) in [7, 11) is 0. The first kappa shape index (κ1) is 15.5. The minimum Gasteiger partial charge on any atom is -0.444 e. The summed E-state index contributed by atoms with van der Waals surface area (Å²) in [4.78, 5) is 14.0. The van der Waals surface area contributed by atoms with Crippen LogP contribution in [0.3, 0.4) is 0 Å². The molecule has 0 atom stereocenters. The van der Waals surface area contributed by atoms with E-state index in [-0.39, 0.29) is 6.54 Å². The van der Waals surface area contributed by atoms with Crippen molar-refractivity contribution in [1.29, 1.82) is 0 Å². The van der Waals surface area contributed by atoms with Crippen molar-refractivity contribution in [2.24, 2.45) is 0 Å². The standard InChI is InChI=1S/C15H22N6O2/c1-15(2,3)23-14(22)16-10-13-18-17-11-6-7-12(19-21(11)13)20-8-4-5-9-20/h6-7H,4-5,8-10H2,1-3H3,(H,16,22). The van der Waals surface area contributed by atoms with Gasteiger partial charge in [0.1, 0.15) is 11.4 Å². The van der Waals surface area contributed by atoms with Crippen LogP contribution in [0.1, 0.15) is 39.4 Å². The molecule has 0 saturated carbocycles. The molecule has 1 amide bonds. The first-order chi connectivity index (χ1) is 10.9. The molecule has 8 nitrogen and oxygen atoms in total. The van der Waals surface area contributed by atoms with Crippen LogP contribution in [0.15, 0.2) is 12.1 Å². The fraction of sp³-hybridized carbons (Fsp3) is 0.600. The molecule has 0 spiro atoms. The van der Waals surface area contributed by atoms with E-state index < -0.39 is 11.7 Å². The van der Waals surface area contributed by atoms with E-state index in [1.807, 2.05) is 32.9 Å². The predicted molar refractivity (Wildman–Crippen MR) is 85.3 cm³/mol. The van der Waals surface area contributed by atoms with Crippen molar-refractivity contribution in [3.63, 3.8) is 0 Å². The Morgan fingerprint density at radius 3 is 2.70 bits per heavy atom. The maximum absolute atomic E-state index is 11.7. The van der Waals surface area contributed by atoms with E-state index in [0.29, 0.717) is 11.5 Å². The number of nitrogens with zero attached hydrogens (tertiary/aromatic N) is 5. The lowest BCUT2D eigenvalue weighted by Crippen LogP contribution is -2.32. The van der Waals surface area contributed by atoms with E-state index in [4.69, 9.17) is 4.74 Å². The molecule has 3 rings (SSSR count). The zero-order valence-electron chi connectivity index (χ0n) is 13.7. The van der Waals surface area contributed by atoms with Crippen molar-refractivity contribution >= 4 is 17.6 Å². The molecule has 8 heteroatoms. The summed E-state index contributed by atoms with van der Waals surface area (Å²) in [6.07, 6.45) is 1.90. The lowest BCUT2D eigenvalue weighted by Gasteiger charge is -2.19. The molecule has 1 aliphatic heterocycles. The molecule has 2 aromatic rings. The average Bonchev–Trinajstić information content (AvgIpc) is 3.12. The highest BCUT2D eigenvalue weighted by atomic mass is 16.6. The Hall–Kier alpha value is -2.38. The number of hydrogen-bond donors (Lipinski definition) is 1. The van der Waals surface area contributed by atoms with Crippen LogP contribution in [-0.2, 0) is 11.3 Å². The number of hydrogen-bond acceptors (Lipinski definition) is 6. The van der Waals surface area contributed by atoms with Gasteiger partial charge in [-0.3, -0.25) is 0 Å². The molecule has 2 aromatic heterocycles. The minimum absolute atomic E-state index is 0.215. The van der Waals surface area contributed by atoms with E-state index in [2.05, 4.69) is 25.5 Å². The van der Waals surface area contributed by atoms with Gasteiger partial charge in [-0.05, 0) is 45.7 Å². The van der Waals surface area contributed by atoms with Gasteiger partial charge in [0.15, 0.2) is 11.5 Å². The maximum atomic E-state index is 11.7. The van der Waals surface area contributed by atoms with Crippen molar-refractivity contribution in [3.05, 3.63) is 18.0 Å². The second-order valence-corrected chi connectivity index (χ2v) is 6.63. The normalized spacial score (nSPS) is 15.2. The summed E-state index contributed by atoms with van der Waals surface area (Å²) < 4.78 is 6.89. The molecule has 0 radical (unpaired) electrons. The fourth-order valence-corrected chi connectivity index (χ4v) is 2.51. The molecule has 1 N–H and O–H groups in total. The smallest absolute Gasteiger partial charge is 0.408 e. The molecular formula is C15H22N6O2. The van der Waals surface area contributed by atoms with E-state index in [9.17, 15) is 4.79 Å². The fourth-order valence-electron chi connectivity index (χ4n) is 2.51. The third-order valence-electron chi connectivity index (χ3n) is 3.53. The topological polar surface area (TPSA) is 84.6 Å². The Kier molecular flexibility index (Phi) is 4.06. The number of nitrogens with one attached hydrogen (secondary N) is 1. The number of rotatable bonds is 3. The maximum Gasteiger partial charge on any atom is 0.408 e.